The molecule has 33 heavy (non-hydrogen) atoms. The normalized spacial score (nSPS) is 30.1. The number of nitrogens with zero attached hydrogens (tertiary/aromatic N) is 2. The van der Waals surface area contributed by atoms with Crippen LogP contribution in [-0.2, 0) is 19.9 Å². The summed E-state index contributed by atoms with van der Waals surface area (Å²) in [7, 11) is 1.49. The van der Waals surface area contributed by atoms with E-state index in [0.717, 1.165) is 35.2 Å². The van der Waals surface area contributed by atoms with Crippen molar-refractivity contribution in [2.24, 2.45) is 11.8 Å². The first kappa shape index (κ1) is 20.7. The van der Waals surface area contributed by atoms with Gasteiger partial charge < -0.3 is 10.1 Å². The first-order valence-electron chi connectivity index (χ1n) is 11.2. The second-order valence-electron chi connectivity index (χ2n) is 9.46. The maximum atomic E-state index is 14.1. The Balaban J connectivity index is 1.58. The molecular formula is C25H24ClN3O4. The van der Waals surface area contributed by atoms with E-state index in [4.69, 9.17) is 16.3 Å². The number of halogens is 1. The average Bonchev–Trinajstić information content (AvgIpc) is 3.47. The first-order chi connectivity index (χ1) is 15.8. The lowest BCUT2D eigenvalue weighted by molar-refractivity contribution is -0.135. The van der Waals surface area contributed by atoms with Gasteiger partial charge in [-0.15, -0.1) is 0 Å². The van der Waals surface area contributed by atoms with Crippen molar-refractivity contribution in [3.05, 3.63) is 52.0 Å². The molecule has 4 heterocycles. The number of benzene rings is 2. The summed E-state index contributed by atoms with van der Waals surface area (Å²) in [5, 5.41) is 3.46. The Hall–Kier alpha value is -2.90. The summed E-state index contributed by atoms with van der Waals surface area (Å²) in [4.78, 5) is 45.1. The molecule has 6 rings (SSSR count). The third-order valence-electron chi connectivity index (χ3n) is 7.82. The summed E-state index contributed by atoms with van der Waals surface area (Å²) in [6, 6.07) is 8.73. The van der Waals surface area contributed by atoms with E-state index >= 15 is 0 Å². The van der Waals surface area contributed by atoms with E-state index in [1.807, 2.05) is 26.0 Å². The van der Waals surface area contributed by atoms with Crippen LogP contribution in [0, 0.1) is 25.7 Å². The third-order valence-corrected chi connectivity index (χ3v) is 8.06. The molecule has 4 atom stereocenters. The van der Waals surface area contributed by atoms with E-state index < -0.39 is 17.4 Å². The Morgan fingerprint density at radius 3 is 2.67 bits per heavy atom. The Morgan fingerprint density at radius 1 is 1.12 bits per heavy atom. The molecule has 1 spiro atoms. The zero-order chi connectivity index (χ0) is 23.2. The van der Waals surface area contributed by atoms with Crippen LogP contribution in [0.4, 0.5) is 11.4 Å². The molecule has 2 aromatic rings. The standard InChI is InChI=1S/C25H24ClN3O4/c1-12-9-13(2)21-15(10-12)25(24(32)27-21)20-19(16-5-4-8-28(16)25)22(30)29(23(20)31)17-11-14(26)6-7-18(17)33-3/h6-7,9-11,16,19-20H,4-5,8H2,1-3H3,(H,27,32)/t16-,19+,20-,25+/m0/s1. The summed E-state index contributed by atoms with van der Waals surface area (Å²) >= 11 is 6.23. The molecule has 0 bridgehead atoms. The number of amides is 3. The van der Waals surface area contributed by atoms with Crippen molar-refractivity contribution < 1.29 is 19.1 Å². The van der Waals surface area contributed by atoms with Gasteiger partial charge in [0.2, 0.25) is 17.7 Å². The number of carbonyl (C=O) groups is 3. The Labute approximate surface area is 196 Å². The largest absolute Gasteiger partial charge is 0.495 e. The summed E-state index contributed by atoms with van der Waals surface area (Å²) in [5.41, 5.74) is 2.69. The van der Waals surface area contributed by atoms with E-state index in [1.165, 1.54) is 12.0 Å². The molecule has 7 nitrogen and oxygen atoms in total. The molecule has 2 aromatic carbocycles. The van der Waals surface area contributed by atoms with Gasteiger partial charge in [-0.05, 0) is 57.0 Å². The van der Waals surface area contributed by atoms with Gasteiger partial charge in [-0.1, -0.05) is 29.3 Å². The van der Waals surface area contributed by atoms with Crippen molar-refractivity contribution in [2.45, 2.75) is 38.3 Å². The predicted molar refractivity (Wildman–Crippen MR) is 123 cm³/mol. The van der Waals surface area contributed by atoms with E-state index in [-0.39, 0.29) is 23.8 Å². The van der Waals surface area contributed by atoms with Gasteiger partial charge in [-0.2, -0.15) is 0 Å². The summed E-state index contributed by atoms with van der Waals surface area (Å²) in [5.74, 6) is -1.89. The van der Waals surface area contributed by atoms with Crippen molar-refractivity contribution in [1.82, 2.24) is 4.90 Å². The molecule has 8 heteroatoms. The maximum absolute atomic E-state index is 14.1. The van der Waals surface area contributed by atoms with Crippen LogP contribution >= 0.6 is 11.6 Å². The second kappa shape index (κ2) is 6.81. The highest BCUT2D eigenvalue weighted by Gasteiger charge is 2.74. The van der Waals surface area contributed by atoms with Gasteiger partial charge in [0.1, 0.15) is 11.3 Å². The lowest BCUT2D eigenvalue weighted by Gasteiger charge is -2.37. The van der Waals surface area contributed by atoms with E-state index in [2.05, 4.69) is 10.2 Å². The molecule has 0 radical (unpaired) electrons. The molecule has 0 aliphatic carbocycles. The lowest BCUT2D eigenvalue weighted by Crippen LogP contribution is -2.54. The van der Waals surface area contributed by atoms with Crippen molar-refractivity contribution in [3.8, 4) is 5.75 Å². The monoisotopic (exact) mass is 465 g/mol. The number of methoxy groups -OCH3 is 1. The maximum Gasteiger partial charge on any atom is 0.250 e. The van der Waals surface area contributed by atoms with Gasteiger partial charge in [0.15, 0.2) is 0 Å². The van der Waals surface area contributed by atoms with Crippen LogP contribution in [0.25, 0.3) is 0 Å². The van der Waals surface area contributed by atoms with Gasteiger partial charge in [0.05, 0.1) is 24.6 Å². The van der Waals surface area contributed by atoms with Gasteiger partial charge in [0, 0.05) is 22.3 Å². The number of hydrogen-bond acceptors (Lipinski definition) is 5. The summed E-state index contributed by atoms with van der Waals surface area (Å²) < 4.78 is 5.45. The second-order valence-corrected chi connectivity index (χ2v) is 9.90. The average molecular weight is 466 g/mol. The van der Waals surface area contributed by atoms with Crippen LogP contribution in [0.3, 0.4) is 0 Å². The van der Waals surface area contributed by atoms with Crippen LogP contribution in [0.15, 0.2) is 30.3 Å². The van der Waals surface area contributed by atoms with Crippen LogP contribution in [0.5, 0.6) is 5.75 Å². The lowest BCUT2D eigenvalue weighted by atomic mass is 9.75. The minimum Gasteiger partial charge on any atom is -0.495 e. The number of fused-ring (bicyclic) bond motifs is 7. The highest BCUT2D eigenvalue weighted by Crippen LogP contribution is 2.61. The summed E-state index contributed by atoms with van der Waals surface area (Å²) in [6.45, 7) is 4.63. The van der Waals surface area contributed by atoms with Crippen LogP contribution in [0.2, 0.25) is 5.02 Å². The molecule has 3 amide bonds. The fourth-order valence-electron chi connectivity index (χ4n) is 6.74. The number of anilines is 2. The SMILES string of the molecule is COc1ccc(Cl)cc1N1C(=O)[C@H]2[C@@H](C1=O)[C@]1(C(=O)Nc3c(C)cc(C)cc31)N1CCC[C@@H]21. The van der Waals surface area contributed by atoms with Crippen LogP contribution in [-0.4, -0.2) is 42.3 Å². The zero-order valence-electron chi connectivity index (χ0n) is 18.6. The highest BCUT2D eigenvalue weighted by atomic mass is 35.5. The third kappa shape index (κ3) is 2.41. The Morgan fingerprint density at radius 2 is 1.91 bits per heavy atom. The van der Waals surface area contributed by atoms with Crippen molar-refractivity contribution in [1.29, 1.82) is 0 Å². The molecule has 1 N–H and O–H groups in total. The van der Waals surface area contributed by atoms with Gasteiger partial charge in [-0.3, -0.25) is 19.3 Å². The first-order valence-corrected chi connectivity index (χ1v) is 11.6. The number of rotatable bonds is 2. The smallest absolute Gasteiger partial charge is 0.250 e. The van der Waals surface area contributed by atoms with Crippen LogP contribution in [0.1, 0.15) is 29.5 Å². The topological polar surface area (TPSA) is 78.9 Å². The molecule has 170 valence electrons. The molecule has 4 aliphatic heterocycles. The molecule has 4 aliphatic rings. The van der Waals surface area contributed by atoms with Crippen molar-refractivity contribution >= 4 is 40.7 Å². The number of aryl methyl sites for hydroxylation is 2. The number of imide groups is 1. The molecule has 0 saturated carbocycles. The number of nitrogens with one attached hydrogen (secondary N) is 1. The van der Waals surface area contributed by atoms with Crippen molar-refractivity contribution in [3.63, 3.8) is 0 Å². The molecule has 3 saturated heterocycles. The number of hydrogen-bond donors (Lipinski definition) is 1. The number of ether oxygens (including phenoxy) is 1. The highest BCUT2D eigenvalue weighted by molar-refractivity contribution is 6.32. The van der Waals surface area contributed by atoms with Gasteiger partial charge >= 0.3 is 0 Å². The van der Waals surface area contributed by atoms with Crippen LogP contribution < -0.4 is 15.0 Å². The van der Waals surface area contributed by atoms with E-state index in [9.17, 15) is 14.4 Å². The predicted octanol–water partition coefficient (Wildman–Crippen LogP) is 3.40. The Bertz CT molecular complexity index is 1260. The van der Waals surface area contributed by atoms with Gasteiger partial charge in [0.25, 0.3) is 0 Å². The van der Waals surface area contributed by atoms with E-state index in [0.29, 0.717) is 23.0 Å². The molecule has 0 unspecified atom stereocenters. The van der Waals surface area contributed by atoms with E-state index in [1.54, 1.807) is 18.2 Å². The fraction of sp³-hybridized carbons (Fsp3) is 0.400. The molecular weight excluding hydrogens is 442 g/mol. The number of carbonyl (C=O) groups excluding carboxylic acids is 3. The fourth-order valence-corrected chi connectivity index (χ4v) is 6.90. The Kier molecular flexibility index (Phi) is 4.27. The summed E-state index contributed by atoms with van der Waals surface area (Å²) in [6.07, 6.45) is 1.65. The molecule has 3 fully saturated rings. The minimum absolute atomic E-state index is 0.167. The minimum atomic E-state index is -1.19. The quantitative estimate of drug-likeness (QED) is 0.688. The zero-order valence-corrected chi connectivity index (χ0v) is 19.4. The van der Waals surface area contributed by atoms with Crippen molar-refractivity contribution in [2.75, 3.05) is 23.9 Å². The van der Waals surface area contributed by atoms with Gasteiger partial charge in [-0.25, -0.2) is 4.90 Å². The molecule has 0 aromatic heterocycles.